The van der Waals surface area contributed by atoms with E-state index < -0.39 is 24.6 Å². The van der Waals surface area contributed by atoms with E-state index in [1.807, 2.05) is 0 Å². The lowest BCUT2D eigenvalue weighted by Gasteiger charge is -2.38. The third-order valence-electron chi connectivity index (χ3n) is 4.28. The number of nitro groups is 1. The van der Waals surface area contributed by atoms with Crippen LogP contribution in [0.4, 0.5) is 10.2 Å². The highest BCUT2D eigenvalue weighted by Gasteiger charge is 2.41. The van der Waals surface area contributed by atoms with E-state index in [2.05, 4.69) is 58.0 Å². The molecule has 0 unspecified atom stereocenters. The Morgan fingerprint density at radius 1 is 1.18 bits per heavy atom. The molecule has 0 saturated carbocycles. The quantitative estimate of drug-likeness (QED) is 0.349. The summed E-state index contributed by atoms with van der Waals surface area (Å²) in [5, 5.41) is 10.6. The summed E-state index contributed by atoms with van der Waals surface area (Å²) in [5.74, 6) is 1.32. The van der Waals surface area contributed by atoms with Crippen LogP contribution in [0.2, 0.25) is 16.6 Å². The van der Waals surface area contributed by atoms with E-state index in [9.17, 15) is 14.5 Å². The lowest BCUT2D eigenvalue weighted by Crippen LogP contribution is -2.43. The fourth-order valence-electron chi connectivity index (χ4n) is 3.25. The van der Waals surface area contributed by atoms with Crippen LogP contribution in [0, 0.1) is 27.4 Å². The van der Waals surface area contributed by atoms with Gasteiger partial charge in [-0.15, -0.1) is 5.54 Å². The van der Waals surface area contributed by atoms with E-state index in [4.69, 9.17) is 0 Å². The number of aromatic nitrogens is 1. The van der Waals surface area contributed by atoms with Crippen LogP contribution < -0.4 is 0 Å². The van der Waals surface area contributed by atoms with Crippen molar-refractivity contribution in [2.45, 2.75) is 58.2 Å². The van der Waals surface area contributed by atoms with Gasteiger partial charge in [-0.25, -0.2) is 0 Å². The molecule has 0 radical (unpaired) electrons. The first-order valence-corrected chi connectivity index (χ1v) is 9.69. The highest BCUT2D eigenvalue weighted by molar-refractivity contribution is 6.90. The first-order chi connectivity index (χ1) is 10.1. The Bertz CT molecular complexity index is 597. The van der Waals surface area contributed by atoms with Gasteiger partial charge in [0.2, 0.25) is 5.82 Å². The Balaban J connectivity index is 3.30. The summed E-state index contributed by atoms with van der Waals surface area (Å²) in [4.78, 5) is 13.3. The van der Waals surface area contributed by atoms with E-state index in [0.717, 1.165) is 6.07 Å². The van der Waals surface area contributed by atoms with Crippen molar-refractivity contribution in [3.8, 4) is 11.5 Å². The van der Waals surface area contributed by atoms with Crippen molar-refractivity contribution in [2.75, 3.05) is 0 Å². The van der Waals surface area contributed by atoms with Gasteiger partial charge in [-0.1, -0.05) is 47.5 Å². The topological polar surface area (TPSA) is 56.0 Å². The standard InChI is InChI=1S/C16H23FN2O2Si/c1-11(2)22(12(3)4,13(5)6)8-7-14-9-15(17)16(18-10-14)19(20)21/h9-13H,1-6H3. The Hall–Kier alpha value is -1.74. The number of nitrogens with zero attached hydrogens (tertiary/aromatic N) is 2. The summed E-state index contributed by atoms with van der Waals surface area (Å²) in [6.45, 7) is 13.1. The highest BCUT2D eigenvalue weighted by atomic mass is 28.3. The molecule has 6 heteroatoms. The first-order valence-electron chi connectivity index (χ1n) is 7.46. The van der Waals surface area contributed by atoms with E-state index in [1.165, 1.54) is 6.20 Å². The molecule has 0 amide bonds. The summed E-state index contributed by atoms with van der Waals surface area (Å²) in [7, 11) is -1.91. The Kier molecular flexibility index (Phi) is 5.83. The normalized spacial score (nSPS) is 11.7. The average molecular weight is 322 g/mol. The molecular weight excluding hydrogens is 299 g/mol. The minimum absolute atomic E-state index is 0.391. The van der Waals surface area contributed by atoms with Gasteiger partial charge in [-0.2, -0.15) is 4.39 Å². The molecule has 22 heavy (non-hydrogen) atoms. The van der Waals surface area contributed by atoms with Crippen molar-refractivity contribution < 1.29 is 9.31 Å². The van der Waals surface area contributed by atoms with Gasteiger partial charge in [-0.05, 0) is 26.5 Å². The zero-order valence-corrected chi connectivity index (χ0v) is 15.0. The van der Waals surface area contributed by atoms with Crippen LogP contribution in [0.25, 0.3) is 0 Å². The molecule has 0 saturated heterocycles. The van der Waals surface area contributed by atoms with Crippen LogP contribution >= 0.6 is 0 Å². The maximum absolute atomic E-state index is 13.6. The molecule has 120 valence electrons. The van der Waals surface area contributed by atoms with Gasteiger partial charge in [0, 0.05) is 6.07 Å². The van der Waals surface area contributed by atoms with Crippen molar-refractivity contribution >= 4 is 13.9 Å². The number of pyridine rings is 1. The monoisotopic (exact) mass is 322 g/mol. The van der Waals surface area contributed by atoms with Crippen molar-refractivity contribution in [1.82, 2.24) is 4.98 Å². The lowest BCUT2D eigenvalue weighted by molar-refractivity contribution is -0.392. The molecule has 0 bridgehead atoms. The van der Waals surface area contributed by atoms with Gasteiger partial charge in [0.15, 0.2) is 6.20 Å². The van der Waals surface area contributed by atoms with Gasteiger partial charge in [-0.3, -0.25) is 0 Å². The molecule has 0 aliphatic heterocycles. The van der Waals surface area contributed by atoms with Crippen molar-refractivity contribution in [1.29, 1.82) is 0 Å². The molecule has 4 nitrogen and oxygen atoms in total. The molecule has 0 aromatic carbocycles. The minimum atomic E-state index is -1.91. The van der Waals surface area contributed by atoms with E-state index >= 15 is 0 Å². The van der Waals surface area contributed by atoms with Gasteiger partial charge in [0.25, 0.3) is 0 Å². The molecule has 0 aliphatic carbocycles. The average Bonchev–Trinajstić information content (AvgIpc) is 2.37. The largest absolute Gasteiger partial charge is 0.399 e. The number of hydrogen-bond acceptors (Lipinski definition) is 3. The fourth-order valence-corrected chi connectivity index (χ4v) is 8.47. The van der Waals surface area contributed by atoms with Gasteiger partial charge >= 0.3 is 5.82 Å². The molecule has 1 heterocycles. The second kappa shape index (κ2) is 7.01. The van der Waals surface area contributed by atoms with E-state index in [-0.39, 0.29) is 0 Å². The maximum atomic E-state index is 13.6. The van der Waals surface area contributed by atoms with Crippen LogP contribution in [0.1, 0.15) is 47.1 Å². The van der Waals surface area contributed by atoms with Crippen LogP contribution in [0.3, 0.4) is 0 Å². The van der Waals surface area contributed by atoms with Crippen molar-refractivity contribution in [3.05, 3.63) is 33.8 Å². The molecule has 1 aromatic heterocycles. The molecule has 0 aliphatic rings. The third-order valence-corrected chi connectivity index (χ3v) is 10.6. The Labute approximate surface area is 132 Å². The highest BCUT2D eigenvalue weighted by Crippen LogP contribution is 2.40. The summed E-state index contributed by atoms with van der Waals surface area (Å²) < 4.78 is 13.6. The second-order valence-electron chi connectivity index (χ2n) is 6.43. The minimum Gasteiger partial charge on any atom is -0.358 e. The van der Waals surface area contributed by atoms with Crippen LogP contribution in [-0.4, -0.2) is 18.0 Å². The third kappa shape index (κ3) is 3.53. The molecule has 1 rings (SSSR count). The molecule has 0 fully saturated rings. The second-order valence-corrected chi connectivity index (χ2v) is 12.0. The van der Waals surface area contributed by atoms with Crippen LogP contribution in [0.15, 0.2) is 12.3 Å². The predicted octanol–water partition coefficient (Wildman–Crippen LogP) is 4.70. The Morgan fingerprint density at radius 3 is 2.05 bits per heavy atom. The fraction of sp³-hybridized carbons (Fsp3) is 0.562. The van der Waals surface area contributed by atoms with Crippen LogP contribution in [-0.2, 0) is 0 Å². The van der Waals surface area contributed by atoms with Crippen molar-refractivity contribution in [2.24, 2.45) is 0 Å². The summed E-state index contributed by atoms with van der Waals surface area (Å²) >= 11 is 0. The Morgan fingerprint density at radius 2 is 1.68 bits per heavy atom. The zero-order valence-electron chi connectivity index (χ0n) is 14.0. The van der Waals surface area contributed by atoms with Gasteiger partial charge in [0.1, 0.15) is 8.07 Å². The van der Waals surface area contributed by atoms with E-state index in [1.54, 1.807) is 0 Å². The van der Waals surface area contributed by atoms with Gasteiger partial charge < -0.3 is 10.1 Å². The summed E-state index contributed by atoms with van der Waals surface area (Å²) in [6, 6.07) is 1.10. The first kappa shape index (κ1) is 18.3. The lowest BCUT2D eigenvalue weighted by atomic mass is 10.3. The molecule has 0 spiro atoms. The SMILES string of the molecule is CC(C)[Si](C#Cc1cnc([N+](=O)[O-])c(F)c1)(C(C)C)C(C)C. The molecule has 0 atom stereocenters. The predicted molar refractivity (Wildman–Crippen MR) is 88.8 cm³/mol. The summed E-state index contributed by atoms with van der Waals surface area (Å²) in [5.41, 5.74) is 5.23. The maximum Gasteiger partial charge on any atom is 0.399 e. The number of halogens is 1. The van der Waals surface area contributed by atoms with E-state index in [0.29, 0.717) is 22.2 Å². The molecule has 1 aromatic rings. The van der Waals surface area contributed by atoms with Gasteiger partial charge in [0.05, 0.1) is 5.56 Å². The number of hydrogen-bond donors (Lipinski definition) is 0. The molecule has 0 N–H and O–H groups in total. The zero-order chi connectivity index (χ0) is 17.1. The smallest absolute Gasteiger partial charge is 0.358 e. The number of rotatable bonds is 4. The molecular formula is C16H23FN2O2Si. The van der Waals surface area contributed by atoms with Crippen molar-refractivity contribution in [3.63, 3.8) is 0 Å². The van der Waals surface area contributed by atoms with Crippen LogP contribution in [0.5, 0.6) is 0 Å². The summed E-state index contributed by atoms with van der Waals surface area (Å²) in [6.07, 6.45) is 1.27.